The number of hydrogen-bond acceptors (Lipinski definition) is 3. The summed E-state index contributed by atoms with van der Waals surface area (Å²) in [6.07, 6.45) is 0.983. The summed E-state index contributed by atoms with van der Waals surface area (Å²) in [6.45, 7) is 4.90. The molecular formula is C15H25N3O. The van der Waals surface area contributed by atoms with E-state index in [0.29, 0.717) is 6.54 Å². The molecule has 0 aliphatic carbocycles. The van der Waals surface area contributed by atoms with Crippen molar-refractivity contribution in [2.24, 2.45) is 0 Å². The van der Waals surface area contributed by atoms with Crippen LogP contribution in [0.4, 0.5) is 0 Å². The van der Waals surface area contributed by atoms with E-state index in [1.54, 1.807) is 0 Å². The molecule has 0 spiro atoms. The average molecular weight is 263 g/mol. The van der Waals surface area contributed by atoms with Crippen molar-refractivity contribution >= 4 is 5.91 Å². The summed E-state index contributed by atoms with van der Waals surface area (Å²) in [5.74, 6) is 0.0610. The van der Waals surface area contributed by atoms with Gasteiger partial charge in [0.1, 0.15) is 0 Å². The Bertz CT molecular complexity index is 373. The van der Waals surface area contributed by atoms with E-state index >= 15 is 0 Å². The van der Waals surface area contributed by atoms with E-state index in [0.717, 1.165) is 26.1 Å². The fraction of sp³-hybridized carbons (Fsp3) is 0.533. The average Bonchev–Trinajstić information content (AvgIpc) is 2.37. The summed E-state index contributed by atoms with van der Waals surface area (Å²) in [5, 5.41) is 6.05. The van der Waals surface area contributed by atoms with Gasteiger partial charge in [-0.2, -0.15) is 0 Å². The Labute approximate surface area is 116 Å². The van der Waals surface area contributed by atoms with Crippen molar-refractivity contribution in [3.63, 3.8) is 0 Å². The highest BCUT2D eigenvalue weighted by Crippen LogP contribution is 2.01. The Balaban J connectivity index is 2.08. The molecule has 0 aromatic heterocycles. The maximum absolute atomic E-state index is 11.5. The quantitative estimate of drug-likeness (QED) is 0.692. The molecule has 0 radical (unpaired) electrons. The highest BCUT2D eigenvalue weighted by atomic mass is 16.1. The highest BCUT2D eigenvalue weighted by Gasteiger charge is 2.00. The van der Waals surface area contributed by atoms with Gasteiger partial charge in [0, 0.05) is 13.1 Å². The van der Waals surface area contributed by atoms with E-state index in [9.17, 15) is 4.79 Å². The van der Waals surface area contributed by atoms with Crippen LogP contribution in [0, 0.1) is 6.92 Å². The third-order valence-electron chi connectivity index (χ3n) is 2.84. The largest absolute Gasteiger partial charge is 0.355 e. The van der Waals surface area contributed by atoms with Gasteiger partial charge in [0.25, 0.3) is 0 Å². The van der Waals surface area contributed by atoms with Crippen molar-refractivity contribution in [2.45, 2.75) is 19.9 Å². The molecule has 2 N–H and O–H groups in total. The van der Waals surface area contributed by atoms with E-state index in [4.69, 9.17) is 0 Å². The highest BCUT2D eigenvalue weighted by molar-refractivity contribution is 5.77. The molecule has 0 unspecified atom stereocenters. The zero-order chi connectivity index (χ0) is 14.1. The fourth-order valence-electron chi connectivity index (χ4n) is 1.71. The van der Waals surface area contributed by atoms with Crippen LogP contribution in [-0.2, 0) is 11.3 Å². The number of benzene rings is 1. The van der Waals surface area contributed by atoms with Crippen LogP contribution >= 0.6 is 0 Å². The normalized spacial score (nSPS) is 10.7. The second-order valence-corrected chi connectivity index (χ2v) is 5.10. The second kappa shape index (κ2) is 8.67. The summed E-state index contributed by atoms with van der Waals surface area (Å²) >= 11 is 0. The fourth-order valence-corrected chi connectivity index (χ4v) is 1.71. The van der Waals surface area contributed by atoms with E-state index in [-0.39, 0.29) is 5.91 Å². The third-order valence-corrected chi connectivity index (χ3v) is 2.84. The summed E-state index contributed by atoms with van der Waals surface area (Å²) in [6, 6.07) is 8.32. The molecule has 19 heavy (non-hydrogen) atoms. The Morgan fingerprint density at radius 1 is 1.21 bits per heavy atom. The molecule has 0 aliphatic rings. The van der Waals surface area contributed by atoms with Gasteiger partial charge in [-0.05, 0) is 39.5 Å². The SMILES string of the molecule is Cc1ccc(CNCC(=O)NCCCN(C)C)cc1. The monoisotopic (exact) mass is 263 g/mol. The first-order valence-corrected chi connectivity index (χ1v) is 6.75. The van der Waals surface area contributed by atoms with Gasteiger partial charge in [-0.25, -0.2) is 0 Å². The number of nitrogens with zero attached hydrogens (tertiary/aromatic N) is 1. The lowest BCUT2D eigenvalue weighted by molar-refractivity contribution is -0.120. The number of aryl methyl sites for hydroxylation is 1. The molecule has 4 nitrogen and oxygen atoms in total. The minimum Gasteiger partial charge on any atom is -0.355 e. The van der Waals surface area contributed by atoms with Crippen LogP contribution < -0.4 is 10.6 Å². The van der Waals surface area contributed by atoms with Gasteiger partial charge in [0.15, 0.2) is 0 Å². The minimum atomic E-state index is 0.0610. The molecule has 0 saturated heterocycles. The smallest absolute Gasteiger partial charge is 0.233 e. The van der Waals surface area contributed by atoms with E-state index in [1.807, 2.05) is 14.1 Å². The van der Waals surface area contributed by atoms with Crippen LogP contribution in [0.15, 0.2) is 24.3 Å². The van der Waals surface area contributed by atoms with Gasteiger partial charge in [0.05, 0.1) is 6.54 Å². The standard InChI is InChI=1S/C15H25N3O/c1-13-5-7-14(8-6-13)11-16-12-15(19)17-9-4-10-18(2)3/h5-8,16H,4,9-12H2,1-3H3,(H,17,19). The Morgan fingerprint density at radius 3 is 2.53 bits per heavy atom. The van der Waals surface area contributed by atoms with Crippen LogP contribution in [-0.4, -0.2) is 44.5 Å². The number of rotatable bonds is 8. The molecule has 0 heterocycles. The van der Waals surface area contributed by atoms with E-state index in [1.165, 1.54) is 11.1 Å². The molecule has 0 aliphatic heterocycles. The van der Waals surface area contributed by atoms with Crippen LogP contribution in [0.5, 0.6) is 0 Å². The summed E-state index contributed by atoms with van der Waals surface area (Å²) < 4.78 is 0. The molecular weight excluding hydrogens is 238 g/mol. The number of carbonyl (C=O) groups is 1. The topological polar surface area (TPSA) is 44.4 Å². The first kappa shape index (κ1) is 15.7. The van der Waals surface area contributed by atoms with Crippen molar-refractivity contribution in [3.8, 4) is 0 Å². The maximum Gasteiger partial charge on any atom is 0.233 e. The lowest BCUT2D eigenvalue weighted by Crippen LogP contribution is -2.35. The van der Waals surface area contributed by atoms with Crippen molar-refractivity contribution in [1.82, 2.24) is 15.5 Å². The molecule has 4 heteroatoms. The lowest BCUT2D eigenvalue weighted by atomic mass is 10.1. The molecule has 0 bridgehead atoms. The zero-order valence-corrected chi connectivity index (χ0v) is 12.2. The molecule has 1 rings (SSSR count). The third kappa shape index (κ3) is 7.59. The molecule has 1 amide bonds. The maximum atomic E-state index is 11.5. The first-order chi connectivity index (χ1) is 9.08. The predicted octanol–water partition coefficient (Wildman–Crippen LogP) is 1.15. The molecule has 1 aromatic carbocycles. The Morgan fingerprint density at radius 2 is 1.89 bits per heavy atom. The minimum absolute atomic E-state index is 0.0610. The van der Waals surface area contributed by atoms with Crippen LogP contribution in [0.2, 0.25) is 0 Å². The molecule has 0 fully saturated rings. The number of hydrogen-bond donors (Lipinski definition) is 2. The molecule has 0 saturated carbocycles. The van der Waals surface area contributed by atoms with Gasteiger partial charge in [-0.3, -0.25) is 4.79 Å². The number of amides is 1. The summed E-state index contributed by atoms with van der Waals surface area (Å²) in [5.41, 5.74) is 2.45. The van der Waals surface area contributed by atoms with Gasteiger partial charge in [0.2, 0.25) is 5.91 Å². The van der Waals surface area contributed by atoms with Crippen molar-refractivity contribution in [2.75, 3.05) is 33.7 Å². The second-order valence-electron chi connectivity index (χ2n) is 5.10. The van der Waals surface area contributed by atoms with Gasteiger partial charge < -0.3 is 15.5 Å². The molecule has 0 atom stereocenters. The first-order valence-electron chi connectivity index (χ1n) is 6.75. The van der Waals surface area contributed by atoms with Crippen molar-refractivity contribution in [1.29, 1.82) is 0 Å². The zero-order valence-electron chi connectivity index (χ0n) is 12.2. The Kier molecular flexibility index (Phi) is 7.15. The molecule has 1 aromatic rings. The van der Waals surface area contributed by atoms with Gasteiger partial charge in [-0.1, -0.05) is 29.8 Å². The van der Waals surface area contributed by atoms with Crippen LogP contribution in [0.1, 0.15) is 17.5 Å². The summed E-state index contributed by atoms with van der Waals surface area (Å²) in [7, 11) is 4.07. The van der Waals surface area contributed by atoms with Gasteiger partial charge >= 0.3 is 0 Å². The number of carbonyl (C=O) groups excluding carboxylic acids is 1. The van der Waals surface area contributed by atoms with E-state index < -0.39 is 0 Å². The van der Waals surface area contributed by atoms with Crippen LogP contribution in [0.25, 0.3) is 0 Å². The van der Waals surface area contributed by atoms with E-state index in [2.05, 4.69) is 46.7 Å². The van der Waals surface area contributed by atoms with Crippen molar-refractivity contribution in [3.05, 3.63) is 35.4 Å². The number of nitrogens with one attached hydrogen (secondary N) is 2. The predicted molar refractivity (Wildman–Crippen MR) is 79.1 cm³/mol. The van der Waals surface area contributed by atoms with Crippen LogP contribution in [0.3, 0.4) is 0 Å². The summed E-state index contributed by atoms with van der Waals surface area (Å²) in [4.78, 5) is 13.7. The Hall–Kier alpha value is -1.39. The van der Waals surface area contributed by atoms with Gasteiger partial charge in [-0.15, -0.1) is 0 Å². The molecule has 106 valence electrons. The van der Waals surface area contributed by atoms with Crippen molar-refractivity contribution < 1.29 is 4.79 Å². The lowest BCUT2D eigenvalue weighted by Gasteiger charge is -2.10.